The van der Waals surface area contributed by atoms with Gasteiger partial charge in [0.05, 0.1) is 38.5 Å². The number of ether oxygens (including phenoxy) is 2. The van der Waals surface area contributed by atoms with Crippen molar-refractivity contribution in [2.24, 2.45) is 0 Å². The highest BCUT2D eigenvalue weighted by Gasteiger charge is 2.37. The van der Waals surface area contributed by atoms with E-state index < -0.39 is 0 Å². The molecule has 2 aromatic heterocycles. The second kappa shape index (κ2) is 7.97. The number of aromatic hydroxyl groups is 1. The number of nitrogens with one attached hydrogen (secondary N) is 1. The van der Waals surface area contributed by atoms with Crippen molar-refractivity contribution in [3.63, 3.8) is 0 Å². The fourth-order valence-corrected chi connectivity index (χ4v) is 4.32. The highest BCUT2D eigenvalue weighted by atomic mass is 16.5. The zero-order valence-electron chi connectivity index (χ0n) is 16.7. The molecule has 0 aliphatic carbocycles. The molecule has 1 atom stereocenters. The number of fused-ring (bicyclic) bond motifs is 2. The molecule has 8 nitrogen and oxygen atoms in total. The van der Waals surface area contributed by atoms with E-state index in [1.165, 1.54) is 0 Å². The summed E-state index contributed by atoms with van der Waals surface area (Å²) in [5.74, 6) is 2.28. The normalized spacial score (nSPS) is 18.5. The SMILES string of the molecule is Nc1c2c(nc[n+]1CCC[NH+]1CCOCC1)Oc1cc(O)ccc1[C@H]2c1ccco1. The van der Waals surface area contributed by atoms with E-state index in [1.807, 2.05) is 22.8 Å². The van der Waals surface area contributed by atoms with E-state index in [1.54, 1.807) is 29.6 Å². The smallest absolute Gasteiger partial charge is 0.306 e. The average molecular weight is 410 g/mol. The predicted octanol–water partition coefficient (Wildman–Crippen LogP) is 0.841. The van der Waals surface area contributed by atoms with Crippen LogP contribution in [0.15, 0.2) is 47.3 Å². The zero-order valence-corrected chi connectivity index (χ0v) is 16.7. The van der Waals surface area contributed by atoms with Crippen LogP contribution in [0.2, 0.25) is 0 Å². The number of aryl methyl sites for hydroxylation is 1. The zero-order chi connectivity index (χ0) is 20.5. The molecule has 5 rings (SSSR count). The minimum atomic E-state index is -0.246. The summed E-state index contributed by atoms with van der Waals surface area (Å²) in [7, 11) is 0. The van der Waals surface area contributed by atoms with Gasteiger partial charge in [-0.25, -0.2) is 4.57 Å². The van der Waals surface area contributed by atoms with Crippen LogP contribution in [-0.2, 0) is 11.3 Å². The monoisotopic (exact) mass is 410 g/mol. The molecule has 1 saturated heterocycles. The lowest BCUT2D eigenvalue weighted by Crippen LogP contribution is -3.14. The first-order valence-corrected chi connectivity index (χ1v) is 10.3. The molecule has 1 fully saturated rings. The Bertz CT molecular complexity index is 1030. The lowest BCUT2D eigenvalue weighted by atomic mass is 9.87. The molecule has 0 unspecified atom stereocenters. The van der Waals surface area contributed by atoms with E-state index in [2.05, 4.69) is 4.98 Å². The fourth-order valence-electron chi connectivity index (χ4n) is 4.32. The molecule has 0 radical (unpaired) electrons. The summed E-state index contributed by atoms with van der Waals surface area (Å²) in [5, 5.41) is 9.89. The molecule has 2 aliphatic heterocycles. The van der Waals surface area contributed by atoms with Gasteiger partial charge in [0, 0.05) is 18.1 Å². The summed E-state index contributed by atoms with van der Waals surface area (Å²) in [6.45, 7) is 5.64. The number of aromatic nitrogens is 2. The average Bonchev–Trinajstić information content (AvgIpc) is 3.29. The number of benzene rings is 1. The van der Waals surface area contributed by atoms with E-state index >= 15 is 0 Å². The molecule has 1 aromatic carbocycles. The van der Waals surface area contributed by atoms with Gasteiger partial charge in [-0.1, -0.05) is 11.1 Å². The number of morpholine rings is 1. The van der Waals surface area contributed by atoms with E-state index in [0.29, 0.717) is 17.4 Å². The van der Waals surface area contributed by atoms with Crippen molar-refractivity contribution in [3.05, 3.63) is 59.8 Å². The third kappa shape index (κ3) is 3.48. The molecule has 0 spiro atoms. The summed E-state index contributed by atoms with van der Waals surface area (Å²) >= 11 is 0. The summed E-state index contributed by atoms with van der Waals surface area (Å²) in [4.78, 5) is 6.11. The van der Waals surface area contributed by atoms with Gasteiger partial charge in [-0.05, 0) is 18.2 Å². The fraction of sp³-hybridized carbons (Fsp3) is 0.364. The Morgan fingerprint density at radius 1 is 1.23 bits per heavy atom. The molecule has 4 N–H and O–H groups in total. The van der Waals surface area contributed by atoms with Crippen molar-refractivity contribution in [2.75, 3.05) is 38.6 Å². The van der Waals surface area contributed by atoms with Gasteiger partial charge >= 0.3 is 5.88 Å². The molecule has 0 bridgehead atoms. The van der Waals surface area contributed by atoms with Crippen molar-refractivity contribution in [2.45, 2.75) is 18.9 Å². The highest BCUT2D eigenvalue weighted by Crippen LogP contribution is 2.48. The van der Waals surface area contributed by atoms with Crippen molar-refractivity contribution < 1.29 is 28.5 Å². The molecule has 30 heavy (non-hydrogen) atoms. The van der Waals surface area contributed by atoms with Crippen molar-refractivity contribution in [1.82, 2.24) is 4.98 Å². The lowest BCUT2D eigenvalue weighted by molar-refractivity contribution is -0.910. The van der Waals surface area contributed by atoms with Gasteiger partial charge in [0.15, 0.2) is 0 Å². The molecule has 4 heterocycles. The molecular weight excluding hydrogens is 384 g/mol. The quantitative estimate of drug-likeness (QED) is 0.422. The molecule has 3 aromatic rings. The van der Waals surface area contributed by atoms with Gasteiger partial charge in [0.2, 0.25) is 12.1 Å². The van der Waals surface area contributed by atoms with E-state index in [-0.39, 0.29) is 11.7 Å². The molecule has 8 heteroatoms. The van der Waals surface area contributed by atoms with Crippen LogP contribution < -0.4 is 19.9 Å². The number of phenols is 1. The van der Waals surface area contributed by atoms with Crippen molar-refractivity contribution >= 4 is 5.82 Å². The van der Waals surface area contributed by atoms with Crippen LogP contribution in [0.3, 0.4) is 0 Å². The number of nitrogens with two attached hydrogens (primary N) is 1. The number of rotatable bonds is 5. The van der Waals surface area contributed by atoms with E-state index in [9.17, 15) is 5.11 Å². The van der Waals surface area contributed by atoms with Crippen LogP contribution in [0.1, 0.15) is 29.2 Å². The Hall–Kier alpha value is -3.10. The van der Waals surface area contributed by atoms with Gasteiger partial charge in [0.1, 0.15) is 35.9 Å². The van der Waals surface area contributed by atoms with Crippen molar-refractivity contribution in [3.8, 4) is 17.4 Å². The maximum Gasteiger partial charge on any atom is 0.306 e. The highest BCUT2D eigenvalue weighted by molar-refractivity contribution is 5.60. The topological polar surface area (TPSA) is 99.1 Å². The largest absolute Gasteiger partial charge is 0.508 e. The molecule has 156 valence electrons. The second-order valence-electron chi connectivity index (χ2n) is 7.78. The Balaban J connectivity index is 1.46. The first-order valence-electron chi connectivity index (χ1n) is 10.3. The first-order chi connectivity index (χ1) is 14.7. The van der Waals surface area contributed by atoms with Gasteiger partial charge in [-0.15, -0.1) is 0 Å². The first kappa shape index (κ1) is 18.9. The lowest BCUT2D eigenvalue weighted by Gasteiger charge is -2.26. The van der Waals surface area contributed by atoms with Crippen LogP contribution in [0, 0.1) is 0 Å². The maximum absolute atomic E-state index is 9.89. The molecule has 0 saturated carbocycles. The van der Waals surface area contributed by atoms with Crippen LogP contribution >= 0.6 is 0 Å². The van der Waals surface area contributed by atoms with Gasteiger partial charge in [-0.2, -0.15) is 0 Å². The van der Waals surface area contributed by atoms with E-state index in [0.717, 1.165) is 62.7 Å². The Kier molecular flexibility index (Phi) is 5.02. The van der Waals surface area contributed by atoms with Gasteiger partial charge in [-0.3, -0.25) is 0 Å². The number of hydrogen-bond acceptors (Lipinski definition) is 6. The standard InChI is InChI=1S/C22H24N4O4/c23-21-20-19(17-3-1-10-29-17)16-5-4-15(27)13-18(16)30-22(20)24-14-26(21)7-2-6-25-8-11-28-12-9-25/h1,3-5,10,13-14,19,23,27H,2,6-9,11-12H2/p+2/t19-/m0/s1. The van der Waals surface area contributed by atoms with Crippen LogP contribution in [0.5, 0.6) is 17.4 Å². The summed E-state index contributed by atoms with van der Waals surface area (Å²) in [6, 6.07) is 8.87. The number of hydrogen-bond donors (Lipinski definition) is 3. The van der Waals surface area contributed by atoms with Gasteiger partial charge in [0.25, 0.3) is 0 Å². The predicted molar refractivity (Wildman–Crippen MR) is 108 cm³/mol. The maximum atomic E-state index is 9.89. The Labute approximate surface area is 174 Å². The molecule has 2 aliphatic rings. The number of nitrogen functional groups attached to an aromatic ring is 1. The Morgan fingerprint density at radius 2 is 2.10 bits per heavy atom. The third-order valence-corrected chi connectivity index (χ3v) is 5.89. The molecule has 0 amide bonds. The minimum absolute atomic E-state index is 0.139. The molecular formula is C22H26N4O4+2. The number of quaternary nitrogens is 1. The minimum Gasteiger partial charge on any atom is -0.508 e. The summed E-state index contributed by atoms with van der Waals surface area (Å²) in [6.07, 6.45) is 4.38. The van der Waals surface area contributed by atoms with Crippen LogP contribution in [0.25, 0.3) is 0 Å². The number of nitrogens with zero attached hydrogens (tertiary/aromatic N) is 2. The second-order valence-corrected chi connectivity index (χ2v) is 7.78. The van der Waals surface area contributed by atoms with Crippen molar-refractivity contribution in [1.29, 1.82) is 0 Å². The van der Waals surface area contributed by atoms with E-state index in [4.69, 9.17) is 19.6 Å². The summed E-state index contributed by atoms with van der Waals surface area (Å²) in [5.41, 5.74) is 8.32. The van der Waals surface area contributed by atoms with Crippen LogP contribution in [0.4, 0.5) is 5.82 Å². The Morgan fingerprint density at radius 3 is 2.90 bits per heavy atom. The third-order valence-electron chi connectivity index (χ3n) is 5.89. The number of anilines is 1. The summed E-state index contributed by atoms with van der Waals surface area (Å²) < 4.78 is 19.2. The van der Waals surface area contributed by atoms with Gasteiger partial charge < -0.3 is 29.6 Å². The number of furan rings is 1. The number of phenolic OH excluding ortho intramolecular Hbond substituents is 1. The van der Waals surface area contributed by atoms with Crippen LogP contribution in [-0.4, -0.2) is 42.9 Å².